The van der Waals surface area contributed by atoms with E-state index in [1.807, 2.05) is 46.0 Å². The smallest absolute Gasteiger partial charge is 0.215 e. The van der Waals surface area contributed by atoms with Crippen LogP contribution in [0.15, 0.2) is 53.7 Å². The Labute approximate surface area is 168 Å². The molecule has 0 radical (unpaired) electrons. The first kappa shape index (κ1) is 18.7. The van der Waals surface area contributed by atoms with Gasteiger partial charge in [-0.3, -0.25) is 10.3 Å². The molecule has 4 rings (SSSR count). The predicted octanol–water partition coefficient (Wildman–Crippen LogP) is 4.15. The average Bonchev–Trinajstić information content (AvgIpc) is 2.95. The molecule has 7 heteroatoms. The molecule has 4 N–H and O–H groups in total. The van der Waals surface area contributed by atoms with Gasteiger partial charge in [0, 0.05) is 30.2 Å². The summed E-state index contributed by atoms with van der Waals surface area (Å²) in [6.45, 7) is 5.95. The molecule has 1 aromatic heterocycles. The minimum Gasteiger partial charge on any atom is -0.508 e. The van der Waals surface area contributed by atoms with Crippen LogP contribution in [-0.2, 0) is 7.05 Å². The maximum Gasteiger partial charge on any atom is 0.215 e. The van der Waals surface area contributed by atoms with Gasteiger partial charge in [-0.25, -0.2) is 0 Å². The van der Waals surface area contributed by atoms with E-state index in [-0.39, 0.29) is 23.3 Å². The number of phenols is 2. The first-order valence-electron chi connectivity index (χ1n) is 9.42. The highest BCUT2D eigenvalue weighted by atomic mass is 16.3. The lowest BCUT2D eigenvalue weighted by Gasteiger charge is -2.28. The van der Waals surface area contributed by atoms with Crippen molar-refractivity contribution in [1.82, 2.24) is 9.99 Å². The van der Waals surface area contributed by atoms with Crippen LogP contribution >= 0.6 is 0 Å². The van der Waals surface area contributed by atoms with Gasteiger partial charge in [-0.05, 0) is 48.2 Å². The maximum absolute atomic E-state index is 10.6. The van der Waals surface area contributed by atoms with Crippen molar-refractivity contribution in [3.05, 3.63) is 65.3 Å². The zero-order valence-electron chi connectivity index (χ0n) is 16.8. The van der Waals surface area contributed by atoms with Crippen molar-refractivity contribution in [3.63, 3.8) is 0 Å². The highest BCUT2D eigenvalue weighted by Gasteiger charge is 2.27. The number of aliphatic hydroxyl groups excluding tert-OH is 1. The van der Waals surface area contributed by atoms with E-state index >= 15 is 0 Å². The Morgan fingerprint density at radius 2 is 1.79 bits per heavy atom. The molecule has 0 spiro atoms. The van der Waals surface area contributed by atoms with Gasteiger partial charge >= 0.3 is 0 Å². The van der Waals surface area contributed by atoms with E-state index in [0.717, 1.165) is 16.5 Å². The molecule has 150 valence electrons. The summed E-state index contributed by atoms with van der Waals surface area (Å²) in [7, 11) is 1.99. The highest BCUT2D eigenvalue weighted by molar-refractivity contribution is 6.14. The number of aromatic nitrogens is 1. The van der Waals surface area contributed by atoms with Crippen LogP contribution in [0.3, 0.4) is 0 Å². The molecule has 29 heavy (non-hydrogen) atoms. The lowest BCUT2D eigenvalue weighted by atomic mass is 9.98. The minimum absolute atomic E-state index is 0.0262. The van der Waals surface area contributed by atoms with Crippen LogP contribution in [0, 0.1) is 6.92 Å². The Hall–Kier alpha value is -3.61. The number of anilines is 1. The molecule has 2 aromatic carbocycles. The van der Waals surface area contributed by atoms with E-state index in [1.54, 1.807) is 11.0 Å². The second-order valence-corrected chi connectivity index (χ2v) is 7.61. The van der Waals surface area contributed by atoms with Crippen LogP contribution in [0.25, 0.3) is 10.9 Å². The third kappa shape index (κ3) is 3.04. The summed E-state index contributed by atoms with van der Waals surface area (Å²) in [5.41, 5.74) is 6.68. The molecular weight excluding hydrogens is 368 g/mol. The zero-order chi connectivity index (χ0) is 20.9. The van der Waals surface area contributed by atoms with Crippen LogP contribution in [0.2, 0.25) is 0 Å². The standard InChI is InChI=1S/C22H24N4O3/c1-12(2)15-8-17(20(28)9-19(15)27)22-24-23-10-21(29)26(22)14-5-6-18-16(7-14)13(3)11-25(18)4/h5-12,23,27-29H,1-4H3. The van der Waals surface area contributed by atoms with Gasteiger partial charge in [0.25, 0.3) is 0 Å². The molecule has 0 saturated carbocycles. The van der Waals surface area contributed by atoms with Gasteiger partial charge in [-0.15, -0.1) is 0 Å². The van der Waals surface area contributed by atoms with E-state index in [9.17, 15) is 15.3 Å². The fourth-order valence-corrected chi connectivity index (χ4v) is 3.76. The van der Waals surface area contributed by atoms with Crippen molar-refractivity contribution in [2.75, 3.05) is 4.90 Å². The lowest BCUT2D eigenvalue weighted by Crippen LogP contribution is -2.36. The van der Waals surface area contributed by atoms with Crippen LogP contribution in [0.5, 0.6) is 11.5 Å². The fourth-order valence-electron chi connectivity index (χ4n) is 3.76. The van der Waals surface area contributed by atoms with Gasteiger partial charge in [-0.2, -0.15) is 5.10 Å². The van der Waals surface area contributed by atoms with E-state index in [1.165, 1.54) is 12.3 Å². The van der Waals surface area contributed by atoms with Crippen LogP contribution in [0.1, 0.15) is 36.5 Å². The number of aliphatic hydroxyl groups is 1. The normalized spacial score (nSPS) is 14.2. The Morgan fingerprint density at radius 1 is 1.03 bits per heavy atom. The third-order valence-corrected chi connectivity index (χ3v) is 5.24. The first-order valence-corrected chi connectivity index (χ1v) is 9.42. The number of hydrogen-bond acceptors (Lipinski definition) is 6. The number of phenolic OH excluding ortho intramolecular Hbond substituents is 2. The van der Waals surface area contributed by atoms with E-state index in [2.05, 4.69) is 21.3 Å². The summed E-state index contributed by atoms with van der Waals surface area (Å²) in [5, 5.41) is 36.7. The summed E-state index contributed by atoms with van der Waals surface area (Å²) in [6.07, 6.45) is 3.43. The SMILES string of the molecule is Cc1cn(C)c2ccc(N3C(O)=CNN=C3c3cc(C(C)C)c(O)cc3O)cc12. The highest BCUT2D eigenvalue weighted by Crippen LogP contribution is 2.35. The molecule has 7 nitrogen and oxygen atoms in total. The molecule has 1 aliphatic heterocycles. The van der Waals surface area contributed by atoms with E-state index in [0.29, 0.717) is 22.6 Å². The second kappa shape index (κ2) is 6.77. The number of amidine groups is 1. The van der Waals surface area contributed by atoms with Crippen LogP contribution in [0.4, 0.5) is 5.69 Å². The fraction of sp³-hybridized carbons (Fsp3) is 0.227. The average molecular weight is 392 g/mol. The predicted molar refractivity (Wildman–Crippen MR) is 114 cm³/mol. The molecule has 0 amide bonds. The van der Waals surface area contributed by atoms with Gasteiger partial charge in [0.05, 0.1) is 17.5 Å². The first-order chi connectivity index (χ1) is 13.8. The minimum atomic E-state index is -0.121. The molecule has 3 aromatic rings. The molecule has 0 unspecified atom stereocenters. The Kier molecular flexibility index (Phi) is 4.38. The number of rotatable bonds is 3. The largest absolute Gasteiger partial charge is 0.508 e. The van der Waals surface area contributed by atoms with Gasteiger partial charge < -0.3 is 19.9 Å². The lowest BCUT2D eigenvalue weighted by molar-refractivity contribution is 0.396. The van der Waals surface area contributed by atoms with Gasteiger partial charge in [0.15, 0.2) is 5.84 Å². The summed E-state index contributed by atoms with van der Waals surface area (Å²) in [6, 6.07) is 8.88. The van der Waals surface area contributed by atoms with Gasteiger partial charge in [-0.1, -0.05) is 13.8 Å². The van der Waals surface area contributed by atoms with Crippen molar-refractivity contribution >= 4 is 22.4 Å². The number of aromatic hydroxyl groups is 2. The summed E-state index contributed by atoms with van der Waals surface area (Å²) < 4.78 is 2.05. The number of hydrazone groups is 1. The molecule has 0 aliphatic carbocycles. The molecule has 1 aliphatic rings. The number of benzene rings is 2. The molecule has 0 atom stereocenters. The zero-order valence-corrected chi connectivity index (χ0v) is 16.8. The van der Waals surface area contributed by atoms with E-state index in [4.69, 9.17) is 0 Å². The Bertz CT molecular complexity index is 1170. The van der Waals surface area contributed by atoms with Crippen molar-refractivity contribution in [2.45, 2.75) is 26.7 Å². The van der Waals surface area contributed by atoms with Gasteiger partial charge in [0.1, 0.15) is 11.5 Å². The Balaban J connectivity index is 1.88. The van der Waals surface area contributed by atoms with Crippen molar-refractivity contribution in [2.24, 2.45) is 12.1 Å². The molecule has 0 bridgehead atoms. The van der Waals surface area contributed by atoms with Crippen LogP contribution in [-0.4, -0.2) is 25.7 Å². The number of nitrogens with zero attached hydrogens (tertiary/aromatic N) is 3. The number of aryl methyl sites for hydroxylation is 2. The quantitative estimate of drug-likeness (QED) is 0.537. The third-order valence-electron chi connectivity index (χ3n) is 5.24. The van der Waals surface area contributed by atoms with Crippen molar-refractivity contribution in [3.8, 4) is 11.5 Å². The maximum atomic E-state index is 10.6. The summed E-state index contributed by atoms with van der Waals surface area (Å²) in [5.74, 6) is 0.230. The number of hydrogen-bond donors (Lipinski definition) is 4. The Morgan fingerprint density at radius 3 is 2.52 bits per heavy atom. The summed E-state index contributed by atoms with van der Waals surface area (Å²) >= 11 is 0. The monoisotopic (exact) mass is 392 g/mol. The topological polar surface area (TPSA) is 93.2 Å². The van der Waals surface area contributed by atoms with Crippen LogP contribution < -0.4 is 10.3 Å². The molecule has 0 saturated heterocycles. The summed E-state index contributed by atoms with van der Waals surface area (Å²) in [4.78, 5) is 1.57. The number of nitrogens with one attached hydrogen (secondary N) is 1. The van der Waals surface area contributed by atoms with Crippen molar-refractivity contribution < 1.29 is 15.3 Å². The second-order valence-electron chi connectivity index (χ2n) is 7.61. The molecule has 0 fully saturated rings. The molecule has 2 heterocycles. The van der Waals surface area contributed by atoms with Crippen molar-refractivity contribution in [1.29, 1.82) is 0 Å². The molecular formula is C22H24N4O3. The number of fused-ring (bicyclic) bond motifs is 1. The van der Waals surface area contributed by atoms with E-state index < -0.39 is 0 Å². The van der Waals surface area contributed by atoms with Gasteiger partial charge in [0.2, 0.25) is 5.88 Å².